The summed E-state index contributed by atoms with van der Waals surface area (Å²) in [6.45, 7) is 11.6. The average molecular weight is 214 g/mol. The van der Waals surface area contributed by atoms with Crippen molar-refractivity contribution in [2.45, 2.75) is 33.3 Å². The van der Waals surface area contributed by atoms with Crippen molar-refractivity contribution >= 4 is 6.03 Å². The highest BCUT2D eigenvalue weighted by atomic mass is 16.5. The van der Waals surface area contributed by atoms with Crippen molar-refractivity contribution in [3.8, 4) is 0 Å². The van der Waals surface area contributed by atoms with Crippen LogP contribution < -0.4 is 0 Å². The number of amides is 2. The Hall–Kier alpha value is -0.770. The van der Waals surface area contributed by atoms with Crippen LogP contribution in [0.15, 0.2) is 0 Å². The quantitative estimate of drug-likeness (QED) is 0.699. The van der Waals surface area contributed by atoms with E-state index >= 15 is 0 Å². The molecule has 0 aromatic carbocycles. The van der Waals surface area contributed by atoms with E-state index < -0.39 is 0 Å². The lowest BCUT2D eigenvalue weighted by molar-refractivity contribution is -0.0762. The second-order valence-electron chi connectivity index (χ2n) is 4.48. The third kappa shape index (κ3) is 3.09. The molecule has 88 valence electrons. The van der Waals surface area contributed by atoms with Gasteiger partial charge in [0.15, 0.2) is 0 Å². The fraction of sp³-hybridized carbons (Fsp3) is 0.909. The summed E-state index contributed by atoms with van der Waals surface area (Å²) in [5, 5.41) is 0. The molecule has 0 unspecified atom stereocenters. The van der Waals surface area contributed by atoms with Gasteiger partial charge in [-0.25, -0.2) is 4.79 Å². The average Bonchev–Trinajstić information content (AvgIpc) is 2.18. The third-order valence-corrected chi connectivity index (χ3v) is 2.73. The Labute approximate surface area is 92.2 Å². The molecule has 1 rings (SSSR count). The molecule has 0 atom stereocenters. The molecule has 1 aliphatic heterocycles. The van der Waals surface area contributed by atoms with Crippen LogP contribution in [0, 0.1) is 0 Å². The van der Waals surface area contributed by atoms with Crippen LogP contribution in [0.4, 0.5) is 4.79 Å². The highest BCUT2D eigenvalue weighted by molar-refractivity contribution is 5.74. The Morgan fingerprint density at radius 2 is 2.00 bits per heavy atom. The number of urea groups is 1. The lowest BCUT2D eigenvalue weighted by Crippen LogP contribution is -2.54. The molecular weight excluding hydrogens is 192 g/mol. The molecule has 1 aliphatic rings. The summed E-state index contributed by atoms with van der Waals surface area (Å²) in [5.74, 6) is 0. The summed E-state index contributed by atoms with van der Waals surface area (Å²) in [4.78, 5) is 15.8. The first-order chi connectivity index (χ1) is 7.00. The van der Waals surface area contributed by atoms with Crippen molar-refractivity contribution in [3.63, 3.8) is 0 Å². The van der Waals surface area contributed by atoms with Gasteiger partial charge in [-0.1, -0.05) is 0 Å². The molecule has 1 heterocycles. The van der Waals surface area contributed by atoms with Crippen LogP contribution in [0.25, 0.3) is 0 Å². The van der Waals surface area contributed by atoms with E-state index in [2.05, 4.69) is 0 Å². The van der Waals surface area contributed by atoms with Gasteiger partial charge in [0.05, 0.1) is 18.8 Å². The van der Waals surface area contributed by atoms with Crippen LogP contribution in [0.1, 0.15) is 27.7 Å². The molecule has 0 bridgehead atoms. The molecule has 15 heavy (non-hydrogen) atoms. The molecule has 0 saturated carbocycles. The highest BCUT2D eigenvalue weighted by Crippen LogP contribution is 2.17. The van der Waals surface area contributed by atoms with Gasteiger partial charge in [-0.2, -0.15) is 0 Å². The van der Waals surface area contributed by atoms with Crippen molar-refractivity contribution in [3.05, 3.63) is 0 Å². The Balaban J connectivity index is 2.59. The minimum atomic E-state index is -0.207. The van der Waals surface area contributed by atoms with E-state index in [0.717, 1.165) is 13.1 Å². The predicted molar refractivity (Wildman–Crippen MR) is 59.9 cm³/mol. The SMILES string of the molecule is CCN(CC)C(=O)N1CCOC(C)(C)C1. The van der Waals surface area contributed by atoms with Crippen molar-refractivity contribution in [1.82, 2.24) is 9.80 Å². The summed E-state index contributed by atoms with van der Waals surface area (Å²) in [6, 6.07) is 0.136. The molecule has 1 fully saturated rings. The first kappa shape index (κ1) is 12.3. The molecule has 0 radical (unpaired) electrons. The molecule has 0 aromatic heterocycles. The van der Waals surface area contributed by atoms with Crippen LogP contribution in [-0.2, 0) is 4.74 Å². The normalized spacial score (nSPS) is 20.1. The van der Waals surface area contributed by atoms with Gasteiger partial charge in [-0.05, 0) is 27.7 Å². The minimum absolute atomic E-state index is 0.136. The zero-order chi connectivity index (χ0) is 11.5. The third-order valence-electron chi connectivity index (χ3n) is 2.73. The van der Waals surface area contributed by atoms with Gasteiger partial charge in [0.1, 0.15) is 0 Å². The smallest absolute Gasteiger partial charge is 0.320 e. The van der Waals surface area contributed by atoms with E-state index in [0.29, 0.717) is 19.7 Å². The summed E-state index contributed by atoms with van der Waals surface area (Å²) >= 11 is 0. The van der Waals surface area contributed by atoms with E-state index in [-0.39, 0.29) is 11.6 Å². The fourth-order valence-electron chi connectivity index (χ4n) is 1.87. The molecule has 0 aromatic rings. The zero-order valence-corrected chi connectivity index (χ0v) is 10.2. The van der Waals surface area contributed by atoms with Crippen LogP contribution in [0.5, 0.6) is 0 Å². The Morgan fingerprint density at radius 3 is 2.47 bits per heavy atom. The molecule has 2 amide bonds. The van der Waals surface area contributed by atoms with Crippen molar-refractivity contribution in [2.75, 3.05) is 32.8 Å². The standard InChI is InChI=1S/C11H22N2O2/c1-5-12(6-2)10(14)13-7-8-15-11(3,4)9-13/h5-9H2,1-4H3. The van der Waals surface area contributed by atoms with Gasteiger partial charge in [0, 0.05) is 19.6 Å². The predicted octanol–water partition coefficient (Wildman–Crippen LogP) is 1.56. The maximum absolute atomic E-state index is 12.0. The zero-order valence-electron chi connectivity index (χ0n) is 10.2. The van der Waals surface area contributed by atoms with Crippen molar-refractivity contribution in [2.24, 2.45) is 0 Å². The second-order valence-corrected chi connectivity index (χ2v) is 4.48. The molecule has 0 N–H and O–H groups in total. The molecule has 0 aliphatic carbocycles. The molecule has 1 saturated heterocycles. The number of carbonyl (C=O) groups is 1. The summed E-state index contributed by atoms with van der Waals surface area (Å²) in [6.07, 6.45) is 0. The van der Waals surface area contributed by atoms with E-state index in [4.69, 9.17) is 4.74 Å². The number of carbonyl (C=O) groups excluding carboxylic acids is 1. The first-order valence-electron chi connectivity index (χ1n) is 5.68. The van der Waals surface area contributed by atoms with Gasteiger partial charge in [0.25, 0.3) is 0 Å². The van der Waals surface area contributed by atoms with Crippen LogP contribution >= 0.6 is 0 Å². The fourth-order valence-corrected chi connectivity index (χ4v) is 1.87. The van der Waals surface area contributed by atoms with Crippen LogP contribution in [-0.4, -0.2) is 54.2 Å². The number of rotatable bonds is 2. The van der Waals surface area contributed by atoms with E-state index in [1.807, 2.05) is 37.5 Å². The first-order valence-corrected chi connectivity index (χ1v) is 5.68. The van der Waals surface area contributed by atoms with E-state index in [9.17, 15) is 4.79 Å². The van der Waals surface area contributed by atoms with Crippen molar-refractivity contribution < 1.29 is 9.53 Å². The minimum Gasteiger partial charge on any atom is -0.372 e. The Kier molecular flexibility index (Phi) is 3.97. The van der Waals surface area contributed by atoms with Gasteiger partial charge in [0.2, 0.25) is 0 Å². The summed E-state index contributed by atoms with van der Waals surface area (Å²) in [7, 11) is 0. The topological polar surface area (TPSA) is 32.8 Å². The second kappa shape index (κ2) is 4.84. The van der Waals surface area contributed by atoms with E-state index in [1.165, 1.54) is 0 Å². The van der Waals surface area contributed by atoms with Gasteiger partial charge in [-0.3, -0.25) is 0 Å². The van der Waals surface area contributed by atoms with E-state index in [1.54, 1.807) is 0 Å². The number of morpholine rings is 1. The van der Waals surface area contributed by atoms with Gasteiger partial charge in [-0.15, -0.1) is 0 Å². The monoisotopic (exact) mass is 214 g/mol. The molecule has 0 spiro atoms. The van der Waals surface area contributed by atoms with Gasteiger partial charge >= 0.3 is 6.03 Å². The number of nitrogens with zero attached hydrogens (tertiary/aromatic N) is 2. The lowest BCUT2D eigenvalue weighted by Gasteiger charge is -2.40. The van der Waals surface area contributed by atoms with Gasteiger partial charge < -0.3 is 14.5 Å². The molecule has 4 heteroatoms. The van der Waals surface area contributed by atoms with Crippen LogP contribution in [0.2, 0.25) is 0 Å². The Morgan fingerprint density at radius 1 is 1.40 bits per heavy atom. The largest absolute Gasteiger partial charge is 0.372 e. The summed E-state index contributed by atoms with van der Waals surface area (Å²) in [5.41, 5.74) is -0.207. The number of hydrogen-bond acceptors (Lipinski definition) is 2. The van der Waals surface area contributed by atoms with Crippen LogP contribution in [0.3, 0.4) is 0 Å². The lowest BCUT2D eigenvalue weighted by atomic mass is 10.1. The highest BCUT2D eigenvalue weighted by Gasteiger charge is 2.31. The maximum Gasteiger partial charge on any atom is 0.320 e. The number of ether oxygens (including phenoxy) is 1. The molecular formula is C11H22N2O2. The molecule has 4 nitrogen and oxygen atoms in total. The maximum atomic E-state index is 12.0. The number of hydrogen-bond donors (Lipinski definition) is 0. The summed E-state index contributed by atoms with van der Waals surface area (Å²) < 4.78 is 5.58. The Bertz CT molecular complexity index is 225. The van der Waals surface area contributed by atoms with Crippen molar-refractivity contribution in [1.29, 1.82) is 0 Å².